The number of carbonyl (C=O) groups is 1. The molecule has 0 saturated heterocycles. The number of rotatable bonds is 5. The number of anilines is 2. The fourth-order valence-corrected chi connectivity index (χ4v) is 4.37. The van der Waals surface area contributed by atoms with Gasteiger partial charge in [-0.1, -0.05) is 11.6 Å². The van der Waals surface area contributed by atoms with Crippen molar-refractivity contribution < 1.29 is 4.79 Å². The lowest BCUT2D eigenvalue weighted by atomic mass is 9.99. The molecule has 0 saturated carbocycles. The topological polar surface area (TPSA) is 126 Å². The summed E-state index contributed by atoms with van der Waals surface area (Å²) in [6, 6.07) is 5.96. The van der Waals surface area contributed by atoms with E-state index in [1.165, 1.54) is 5.56 Å². The third-order valence-corrected chi connectivity index (χ3v) is 6.46. The van der Waals surface area contributed by atoms with Gasteiger partial charge in [0.15, 0.2) is 5.69 Å². The van der Waals surface area contributed by atoms with Crippen LogP contribution in [0.2, 0.25) is 0 Å². The molecule has 10 nitrogen and oxygen atoms in total. The lowest BCUT2D eigenvalue weighted by Gasteiger charge is -2.19. The van der Waals surface area contributed by atoms with E-state index in [4.69, 9.17) is 4.98 Å². The van der Waals surface area contributed by atoms with Gasteiger partial charge in [0.25, 0.3) is 5.91 Å². The second-order valence-electron chi connectivity index (χ2n) is 10.2. The number of nitrogens with one attached hydrogen (secondary N) is 3. The normalized spacial score (nSPS) is 15.7. The number of pyridine rings is 2. The van der Waals surface area contributed by atoms with Crippen LogP contribution in [-0.2, 0) is 12.0 Å². The SMILES string of the molecule is Cc1n[nH]cc1Nc1cc(-c2cc3c(cn2)[C@@H](NC(=O)c2cn(C(C)(C)C)nn2)CCCC3)ccn1. The van der Waals surface area contributed by atoms with Crippen LogP contribution in [0.4, 0.5) is 11.5 Å². The molecule has 0 bridgehead atoms. The van der Waals surface area contributed by atoms with Gasteiger partial charge in [-0.15, -0.1) is 5.10 Å². The highest BCUT2D eigenvalue weighted by molar-refractivity contribution is 5.92. The van der Waals surface area contributed by atoms with Gasteiger partial charge in [0, 0.05) is 24.2 Å². The first-order valence-corrected chi connectivity index (χ1v) is 12.2. The molecule has 0 spiro atoms. The number of aromatic nitrogens is 7. The predicted octanol–water partition coefficient (Wildman–Crippen LogP) is 4.46. The van der Waals surface area contributed by atoms with E-state index in [0.717, 1.165) is 59.7 Å². The Morgan fingerprint density at radius 1 is 1.19 bits per heavy atom. The lowest BCUT2D eigenvalue weighted by Crippen LogP contribution is -2.29. The van der Waals surface area contributed by atoms with E-state index in [0.29, 0.717) is 5.69 Å². The Kier molecular flexibility index (Phi) is 6.26. The number of amides is 1. The number of carbonyl (C=O) groups excluding carboxylic acids is 1. The molecule has 1 amide bonds. The van der Waals surface area contributed by atoms with Gasteiger partial charge in [0.2, 0.25) is 0 Å². The smallest absolute Gasteiger partial charge is 0.273 e. The van der Waals surface area contributed by atoms with E-state index in [9.17, 15) is 4.79 Å². The molecular weight excluding hydrogens is 454 g/mol. The molecule has 0 aromatic carbocycles. The van der Waals surface area contributed by atoms with E-state index in [2.05, 4.69) is 42.2 Å². The third kappa shape index (κ3) is 4.98. The molecule has 186 valence electrons. The maximum absolute atomic E-state index is 13.0. The largest absolute Gasteiger partial charge is 0.344 e. The number of hydrogen-bond donors (Lipinski definition) is 3. The Morgan fingerprint density at radius 2 is 2.06 bits per heavy atom. The zero-order valence-corrected chi connectivity index (χ0v) is 21.0. The maximum atomic E-state index is 13.0. The second kappa shape index (κ2) is 9.52. The molecule has 10 heteroatoms. The molecular formula is C26H31N9O. The fourth-order valence-electron chi connectivity index (χ4n) is 4.37. The van der Waals surface area contributed by atoms with Gasteiger partial charge in [-0.25, -0.2) is 9.67 Å². The average molecular weight is 486 g/mol. The van der Waals surface area contributed by atoms with Crippen molar-refractivity contribution in [1.29, 1.82) is 0 Å². The van der Waals surface area contributed by atoms with Crippen LogP contribution in [-0.4, -0.2) is 41.1 Å². The Morgan fingerprint density at radius 3 is 2.81 bits per heavy atom. The minimum Gasteiger partial charge on any atom is -0.344 e. The predicted molar refractivity (Wildman–Crippen MR) is 137 cm³/mol. The van der Waals surface area contributed by atoms with Crippen molar-refractivity contribution in [3.05, 3.63) is 65.5 Å². The minimum absolute atomic E-state index is 0.116. The van der Waals surface area contributed by atoms with Crippen molar-refractivity contribution in [3.63, 3.8) is 0 Å². The second-order valence-corrected chi connectivity index (χ2v) is 10.2. The van der Waals surface area contributed by atoms with Crippen LogP contribution in [0, 0.1) is 6.92 Å². The van der Waals surface area contributed by atoms with Crippen molar-refractivity contribution in [2.45, 2.75) is 65.0 Å². The Hall–Kier alpha value is -4.08. The molecule has 1 aliphatic carbocycles. The highest BCUT2D eigenvalue weighted by Crippen LogP contribution is 2.31. The number of H-pyrrole nitrogens is 1. The van der Waals surface area contributed by atoms with Crippen LogP contribution < -0.4 is 10.6 Å². The monoisotopic (exact) mass is 485 g/mol. The van der Waals surface area contributed by atoms with E-state index in [1.54, 1.807) is 17.1 Å². The molecule has 0 aliphatic heterocycles. The van der Waals surface area contributed by atoms with Crippen molar-refractivity contribution in [3.8, 4) is 11.3 Å². The molecule has 1 atom stereocenters. The van der Waals surface area contributed by atoms with E-state index >= 15 is 0 Å². The quantitative estimate of drug-likeness (QED) is 0.356. The third-order valence-electron chi connectivity index (χ3n) is 6.46. The molecule has 1 aliphatic rings. The zero-order chi connectivity index (χ0) is 25.3. The summed E-state index contributed by atoms with van der Waals surface area (Å²) in [6.45, 7) is 8.00. The van der Waals surface area contributed by atoms with Crippen molar-refractivity contribution in [1.82, 2.24) is 40.5 Å². The number of hydrogen-bond acceptors (Lipinski definition) is 7. The fraction of sp³-hybridized carbons (Fsp3) is 0.385. The summed E-state index contributed by atoms with van der Waals surface area (Å²) in [6.07, 6.45) is 11.1. The van der Waals surface area contributed by atoms with Gasteiger partial charge in [-0.3, -0.25) is 14.9 Å². The Balaban J connectivity index is 1.37. The molecule has 0 unspecified atom stereocenters. The number of aromatic amines is 1. The highest BCUT2D eigenvalue weighted by atomic mass is 16.2. The van der Waals surface area contributed by atoms with E-state index in [-0.39, 0.29) is 17.5 Å². The van der Waals surface area contributed by atoms with Crippen LogP contribution in [0.5, 0.6) is 0 Å². The van der Waals surface area contributed by atoms with Gasteiger partial charge in [0.1, 0.15) is 5.82 Å². The summed E-state index contributed by atoms with van der Waals surface area (Å²) < 4.78 is 1.71. The zero-order valence-electron chi connectivity index (χ0n) is 21.0. The molecule has 4 aromatic heterocycles. The molecule has 5 rings (SSSR count). The lowest BCUT2D eigenvalue weighted by molar-refractivity contribution is 0.0929. The first-order valence-electron chi connectivity index (χ1n) is 12.2. The molecule has 0 fully saturated rings. The van der Waals surface area contributed by atoms with Crippen molar-refractivity contribution >= 4 is 17.4 Å². The standard InChI is InChI=1S/C26H31N9O/c1-16-22(14-29-32-16)30-24-12-18(9-10-27-24)21-11-17-7-5-6-8-20(19(17)13-28-21)31-25(36)23-15-35(34-33-23)26(2,3)4/h9-15,20H,5-8H2,1-4H3,(H,27,30)(H,29,32)(H,31,36)/t20-/m0/s1. The van der Waals surface area contributed by atoms with Crippen molar-refractivity contribution in [2.75, 3.05) is 5.32 Å². The van der Waals surface area contributed by atoms with Gasteiger partial charge in [-0.05, 0) is 76.3 Å². The highest BCUT2D eigenvalue weighted by Gasteiger charge is 2.24. The maximum Gasteiger partial charge on any atom is 0.273 e. The van der Waals surface area contributed by atoms with Crippen molar-refractivity contribution in [2.24, 2.45) is 0 Å². The van der Waals surface area contributed by atoms with Crippen LogP contribution >= 0.6 is 0 Å². The average Bonchev–Trinajstić information content (AvgIpc) is 3.46. The van der Waals surface area contributed by atoms with Gasteiger partial charge in [0.05, 0.1) is 34.9 Å². The van der Waals surface area contributed by atoms with Crippen LogP contribution in [0.25, 0.3) is 11.3 Å². The van der Waals surface area contributed by atoms with E-state index in [1.807, 2.05) is 52.2 Å². The summed E-state index contributed by atoms with van der Waals surface area (Å²) in [5.74, 6) is 0.508. The molecule has 0 radical (unpaired) electrons. The van der Waals surface area contributed by atoms with Gasteiger partial charge < -0.3 is 10.6 Å². The first-order chi connectivity index (χ1) is 17.3. The molecule has 4 aromatic rings. The summed E-state index contributed by atoms with van der Waals surface area (Å²) in [5.41, 5.74) is 5.97. The van der Waals surface area contributed by atoms with Gasteiger partial charge >= 0.3 is 0 Å². The summed E-state index contributed by atoms with van der Waals surface area (Å²) in [4.78, 5) is 22.2. The van der Waals surface area contributed by atoms with Gasteiger partial charge in [-0.2, -0.15) is 5.10 Å². The Bertz CT molecular complexity index is 1380. The van der Waals surface area contributed by atoms with Crippen LogP contribution in [0.15, 0.2) is 43.0 Å². The van der Waals surface area contributed by atoms with Crippen LogP contribution in [0.1, 0.15) is 73.4 Å². The first kappa shape index (κ1) is 23.7. The molecule has 3 N–H and O–H groups in total. The summed E-state index contributed by atoms with van der Waals surface area (Å²) >= 11 is 0. The van der Waals surface area contributed by atoms with E-state index < -0.39 is 0 Å². The summed E-state index contributed by atoms with van der Waals surface area (Å²) in [5, 5.41) is 21.7. The van der Waals surface area contributed by atoms with Crippen LogP contribution in [0.3, 0.4) is 0 Å². The Labute approximate surface area is 210 Å². The molecule has 4 heterocycles. The number of fused-ring (bicyclic) bond motifs is 1. The number of nitrogens with zero attached hydrogens (tertiary/aromatic N) is 6. The number of aryl methyl sites for hydroxylation is 2. The summed E-state index contributed by atoms with van der Waals surface area (Å²) in [7, 11) is 0. The minimum atomic E-state index is -0.236. The molecule has 36 heavy (non-hydrogen) atoms.